The zero-order valence-corrected chi connectivity index (χ0v) is 13.5. The van der Waals surface area contributed by atoms with Gasteiger partial charge in [-0.2, -0.15) is 9.40 Å². The molecule has 1 aliphatic heterocycles. The van der Waals surface area contributed by atoms with Crippen LogP contribution in [0.3, 0.4) is 0 Å². The molecule has 3 unspecified atom stereocenters. The van der Waals surface area contributed by atoms with Crippen molar-refractivity contribution >= 4 is 15.8 Å². The number of anilines is 1. The normalized spacial score (nSPS) is 31.0. The number of aromatic nitrogens is 2. The summed E-state index contributed by atoms with van der Waals surface area (Å²) >= 11 is 0. The number of aryl methyl sites for hydroxylation is 1. The van der Waals surface area contributed by atoms with E-state index < -0.39 is 10.0 Å². The number of fused-ring (bicyclic) bond motifs is 1. The maximum absolute atomic E-state index is 13.0. The molecule has 1 saturated carbocycles. The second-order valence-corrected chi connectivity index (χ2v) is 8.31. The second-order valence-electron chi connectivity index (χ2n) is 6.45. The molecular formula is C14H24N4O2S. The fourth-order valence-corrected chi connectivity index (χ4v) is 5.79. The Bertz CT molecular complexity index is 625. The lowest BCUT2D eigenvalue weighted by atomic mass is 9.74. The molecule has 0 aromatic carbocycles. The monoisotopic (exact) mass is 312 g/mol. The van der Waals surface area contributed by atoms with Crippen molar-refractivity contribution in [1.82, 2.24) is 14.1 Å². The summed E-state index contributed by atoms with van der Waals surface area (Å²) in [5.41, 5.74) is 5.79. The van der Waals surface area contributed by atoms with E-state index in [9.17, 15) is 8.42 Å². The number of hydrogen-bond donors (Lipinski definition) is 1. The van der Waals surface area contributed by atoms with E-state index >= 15 is 0 Å². The third-order valence-corrected chi connectivity index (χ3v) is 7.04. The molecule has 2 heterocycles. The molecule has 2 fully saturated rings. The Morgan fingerprint density at radius 3 is 2.67 bits per heavy atom. The number of nitrogens with zero attached hydrogens (tertiary/aromatic N) is 3. The van der Waals surface area contributed by atoms with Gasteiger partial charge in [-0.15, -0.1) is 0 Å². The maximum Gasteiger partial charge on any atom is 0.248 e. The Morgan fingerprint density at radius 2 is 2.00 bits per heavy atom. The third-order valence-electron chi connectivity index (χ3n) is 5.10. The van der Waals surface area contributed by atoms with E-state index in [1.165, 1.54) is 17.3 Å². The minimum Gasteiger partial charge on any atom is -0.381 e. The maximum atomic E-state index is 13.0. The van der Waals surface area contributed by atoms with Gasteiger partial charge in [0.2, 0.25) is 10.0 Å². The van der Waals surface area contributed by atoms with Gasteiger partial charge in [0.15, 0.2) is 5.82 Å². The van der Waals surface area contributed by atoms with E-state index in [1.54, 1.807) is 11.4 Å². The first-order chi connectivity index (χ1) is 9.91. The number of hydrogen-bond acceptors (Lipinski definition) is 4. The lowest BCUT2D eigenvalue weighted by Crippen LogP contribution is -2.52. The summed E-state index contributed by atoms with van der Waals surface area (Å²) in [5.74, 6) is 1.19. The van der Waals surface area contributed by atoms with Gasteiger partial charge in [-0.05, 0) is 31.1 Å². The van der Waals surface area contributed by atoms with Crippen molar-refractivity contribution in [2.75, 3.05) is 12.3 Å². The number of piperidine rings is 1. The highest BCUT2D eigenvalue weighted by molar-refractivity contribution is 7.89. The molecule has 3 atom stereocenters. The third kappa shape index (κ3) is 2.46. The van der Waals surface area contributed by atoms with E-state index in [4.69, 9.17) is 5.73 Å². The largest absolute Gasteiger partial charge is 0.381 e. The van der Waals surface area contributed by atoms with Crippen LogP contribution in [0.1, 0.15) is 39.0 Å². The smallest absolute Gasteiger partial charge is 0.248 e. The highest BCUT2D eigenvalue weighted by atomic mass is 32.2. The second kappa shape index (κ2) is 5.28. The van der Waals surface area contributed by atoms with Crippen LogP contribution >= 0.6 is 0 Å². The molecule has 1 aromatic rings. The van der Waals surface area contributed by atoms with Crippen LogP contribution in [0.25, 0.3) is 0 Å². The molecule has 7 heteroatoms. The van der Waals surface area contributed by atoms with Crippen molar-refractivity contribution in [2.45, 2.75) is 50.0 Å². The fourth-order valence-electron chi connectivity index (χ4n) is 3.98. The van der Waals surface area contributed by atoms with E-state index in [2.05, 4.69) is 12.0 Å². The highest BCUT2D eigenvalue weighted by Crippen LogP contribution is 2.41. The summed E-state index contributed by atoms with van der Waals surface area (Å²) in [4.78, 5) is 0.156. The SMILES string of the molecule is CC1CCN(S(=O)(=O)c2cn(C)nc2N)C2CCCCC12. The zero-order valence-electron chi connectivity index (χ0n) is 12.7. The van der Waals surface area contributed by atoms with Gasteiger partial charge in [0.25, 0.3) is 0 Å². The molecule has 0 amide bonds. The van der Waals surface area contributed by atoms with Crippen LogP contribution in [0.15, 0.2) is 11.1 Å². The molecule has 0 spiro atoms. The molecule has 1 saturated heterocycles. The molecule has 2 aliphatic rings. The Kier molecular flexibility index (Phi) is 3.73. The molecule has 1 aliphatic carbocycles. The highest BCUT2D eigenvalue weighted by Gasteiger charge is 2.43. The Labute approximate surface area is 126 Å². The zero-order chi connectivity index (χ0) is 15.2. The first-order valence-corrected chi connectivity index (χ1v) is 9.16. The number of nitrogen functional groups attached to an aromatic ring is 1. The van der Waals surface area contributed by atoms with Crippen LogP contribution in [0.2, 0.25) is 0 Å². The molecular weight excluding hydrogens is 288 g/mol. The number of rotatable bonds is 2. The van der Waals surface area contributed by atoms with Gasteiger partial charge in [0, 0.05) is 25.8 Å². The average molecular weight is 312 g/mol. The van der Waals surface area contributed by atoms with Crippen LogP contribution in [0.4, 0.5) is 5.82 Å². The van der Waals surface area contributed by atoms with Gasteiger partial charge in [0.05, 0.1) is 0 Å². The Hall–Kier alpha value is -1.08. The summed E-state index contributed by atoms with van der Waals surface area (Å²) in [6, 6.07) is 0.132. The van der Waals surface area contributed by atoms with Crippen molar-refractivity contribution in [2.24, 2.45) is 18.9 Å². The number of sulfonamides is 1. The molecule has 118 valence electrons. The minimum atomic E-state index is -3.54. The molecule has 0 radical (unpaired) electrons. The molecule has 2 N–H and O–H groups in total. The summed E-state index contributed by atoms with van der Waals surface area (Å²) in [6.45, 7) is 2.85. The van der Waals surface area contributed by atoms with E-state index in [1.807, 2.05) is 0 Å². The van der Waals surface area contributed by atoms with E-state index in [0.29, 0.717) is 18.4 Å². The molecule has 6 nitrogen and oxygen atoms in total. The molecule has 21 heavy (non-hydrogen) atoms. The van der Waals surface area contributed by atoms with Crippen molar-refractivity contribution in [1.29, 1.82) is 0 Å². The minimum absolute atomic E-state index is 0.100. The van der Waals surface area contributed by atoms with Crippen molar-refractivity contribution in [3.63, 3.8) is 0 Å². The van der Waals surface area contributed by atoms with Crippen LogP contribution in [-0.2, 0) is 17.1 Å². The van der Waals surface area contributed by atoms with Crippen molar-refractivity contribution in [3.8, 4) is 0 Å². The summed E-state index contributed by atoms with van der Waals surface area (Å²) in [5, 5.41) is 3.98. The quantitative estimate of drug-likeness (QED) is 0.899. The standard InChI is InChI=1S/C14H24N4O2S/c1-10-7-8-18(12-6-4-3-5-11(10)12)21(19,20)13-9-17(2)16-14(13)15/h9-12H,3-8H2,1-2H3,(H2,15,16). The first kappa shape index (κ1) is 14.8. The van der Waals surface area contributed by atoms with Gasteiger partial charge in [-0.3, -0.25) is 4.68 Å². The fraction of sp³-hybridized carbons (Fsp3) is 0.786. The average Bonchev–Trinajstić information content (AvgIpc) is 2.79. The van der Waals surface area contributed by atoms with Gasteiger partial charge in [-0.25, -0.2) is 8.42 Å². The van der Waals surface area contributed by atoms with E-state index in [-0.39, 0.29) is 16.8 Å². The Morgan fingerprint density at radius 1 is 1.29 bits per heavy atom. The summed E-state index contributed by atoms with van der Waals surface area (Å²) in [7, 11) is -1.85. The lowest BCUT2D eigenvalue weighted by Gasteiger charge is -2.46. The van der Waals surface area contributed by atoms with Crippen LogP contribution in [-0.4, -0.2) is 35.1 Å². The summed E-state index contributed by atoms with van der Waals surface area (Å²) < 4.78 is 29.1. The summed E-state index contributed by atoms with van der Waals surface area (Å²) in [6.07, 6.45) is 6.88. The van der Waals surface area contributed by atoms with Gasteiger partial charge in [0.1, 0.15) is 4.90 Å². The predicted molar refractivity (Wildman–Crippen MR) is 81.0 cm³/mol. The van der Waals surface area contributed by atoms with Gasteiger partial charge in [-0.1, -0.05) is 19.8 Å². The van der Waals surface area contributed by atoms with Crippen LogP contribution in [0, 0.1) is 11.8 Å². The van der Waals surface area contributed by atoms with Crippen LogP contribution < -0.4 is 5.73 Å². The lowest BCUT2D eigenvalue weighted by molar-refractivity contribution is 0.0827. The predicted octanol–water partition coefficient (Wildman–Crippen LogP) is 1.59. The van der Waals surface area contributed by atoms with Crippen molar-refractivity contribution in [3.05, 3.63) is 6.20 Å². The molecule has 1 aromatic heterocycles. The molecule has 3 rings (SSSR count). The van der Waals surface area contributed by atoms with E-state index in [0.717, 1.165) is 25.7 Å². The topological polar surface area (TPSA) is 81.2 Å². The van der Waals surface area contributed by atoms with Crippen LogP contribution in [0.5, 0.6) is 0 Å². The first-order valence-electron chi connectivity index (χ1n) is 7.72. The van der Waals surface area contributed by atoms with Gasteiger partial charge >= 0.3 is 0 Å². The number of nitrogens with two attached hydrogens (primary N) is 1. The van der Waals surface area contributed by atoms with Gasteiger partial charge < -0.3 is 5.73 Å². The Balaban J connectivity index is 1.96. The molecule has 0 bridgehead atoms. The van der Waals surface area contributed by atoms with Crippen molar-refractivity contribution < 1.29 is 8.42 Å².